The van der Waals surface area contributed by atoms with Crippen molar-refractivity contribution in [1.82, 2.24) is 4.98 Å². The third-order valence-corrected chi connectivity index (χ3v) is 3.91. The third-order valence-electron chi connectivity index (χ3n) is 3.91. The number of hydrogen-bond acceptors (Lipinski definition) is 2. The minimum absolute atomic E-state index is 0.0677. The number of aromatic nitrogens is 1. The van der Waals surface area contributed by atoms with Crippen molar-refractivity contribution < 1.29 is 0 Å². The zero-order valence-electron chi connectivity index (χ0n) is 12.5. The van der Waals surface area contributed by atoms with Crippen LogP contribution in [0, 0.1) is 0 Å². The molecule has 0 aliphatic carbocycles. The van der Waals surface area contributed by atoms with Gasteiger partial charge in [-0.15, -0.1) is 0 Å². The summed E-state index contributed by atoms with van der Waals surface area (Å²) >= 11 is 0. The van der Waals surface area contributed by atoms with Crippen molar-refractivity contribution in [3.8, 4) is 0 Å². The number of nitrogens with one attached hydrogen (secondary N) is 1. The maximum atomic E-state index is 4.49. The van der Waals surface area contributed by atoms with Crippen molar-refractivity contribution in [3.63, 3.8) is 0 Å². The van der Waals surface area contributed by atoms with Gasteiger partial charge in [-0.2, -0.15) is 0 Å². The van der Waals surface area contributed by atoms with Crippen LogP contribution in [0.4, 0.5) is 5.69 Å². The molecule has 106 valence electrons. The van der Waals surface area contributed by atoms with E-state index in [1.54, 1.807) is 0 Å². The lowest BCUT2D eigenvalue weighted by Gasteiger charge is -2.26. The summed E-state index contributed by atoms with van der Waals surface area (Å²) in [6, 6.07) is 20.9. The van der Waals surface area contributed by atoms with Gasteiger partial charge in [-0.05, 0) is 17.7 Å². The first-order chi connectivity index (χ1) is 10.2. The minimum atomic E-state index is 0.0677. The minimum Gasteiger partial charge on any atom is -0.382 e. The molecule has 0 fully saturated rings. The highest BCUT2D eigenvalue weighted by atomic mass is 14.9. The molecule has 21 heavy (non-hydrogen) atoms. The molecule has 0 atom stereocenters. The fourth-order valence-corrected chi connectivity index (χ4v) is 2.55. The van der Waals surface area contributed by atoms with Crippen molar-refractivity contribution in [1.29, 1.82) is 0 Å². The molecular formula is C19H20N2. The summed E-state index contributed by atoms with van der Waals surface area (Å²) in [4.78, 5) is 4.49. The SMILES string of the molecule is CC(C)(CNc1cccc2cccnc12)c1ccccc1. The molecule has 2 nitrogen and oxygen atoms in total. The van der Waals surface area contributed by atoms with Crippen LogP contribution in [-0.2, 0) is 5.41 Å². The number of rotatable bonds is 4. The monoisotopic (exact) mass is 276 g/mol. The molecule has 0 saturated heterocycles. The van der Waals surface area contributed by atoms with E-state index in [2.05, 4.69) is 78.7 Å². The number of hydrogen-bond donors (Lipinski definition) is 1. The molecule has 0 amide bonds. The Morgan fingerprint density at radius 3 is 2.48 bits per heavy atom. The molecule has 0 saturated carbocycles. The first-order valence-electron chi connectivity index (χ1n) is 7.30. The van der Waals surface area contributed by atoms with E-state index in [9.17, 15) is 0 Å². The zero-order valence-corrected chi connectivity index (χ0v) is 12.5. The third kappa shape index (κ3) is 2.89. The molecular weight excluding hydrogens is 256 g/mol. The molecule has 1 aromatic heterocycles. The van der Waals surface area contributed by atoms with Crippen molar-refractivity contribution in [2.45, 2.75) is 19.3 Å². The van der Waals surface area contributed by atoms with E-state index in [0.717, 1.165) is 17.7 Å². The second kappa shape index (κ2) is 5.57. The largest absolute Gasteiger partial charge is 0.382 e. The Bertz CT molecular complexity index is 727. The number of anilines is 1. The molecule has 0 unspecified atom stereocenters. The predicted octanol–water partition coefficient (Wildman–Crippen LogP) is 4.62. The fraction of sp³-hybridized carbons (Fsp3) is 0.211. The summed E-state index contributed by atoms with van der Waals surface area (Å²) in [6.45, 7) is 5.38. The standard InChI is InChI=1S/C19H20N2/c1-19(2,16-10-4-3-5-11-16)14-21-17-12-6-8-15-9-7-13-20-18(15)17/h3-13,21H,14H2,1-2H3. The normalized spacial score (nSPS) is 11.5. The molecule has 1 heterocycles. The second-order valence-electron chi connectivity index (χ2n) is 5.98. The summed E-state index contributed by atoms with van der Waals surface area (Å²) in [7, 11) is 0. The summed E-state index contributed by atoms with van der Waals surface area (Å²) in [5.74, 6) is 0. The Kier molecular flexibility index (Phi) is 3.61. The van der Waals surface area contributed by atoms with Gasteiger partial charge in [0.15, 0.2) is 0 Å². The van der Waals surface area contributed by atoms with Crippen LogP contribution in [0.2, 0.25) is 0 Å². The van der Waals surface area contributed by atoms with Crippen molar-refractivity contribution in [2.24, 2.45) is 0 Å². The molecule has 0 aliphatic heterocycles. The van der Waals surface area contributed by atoms with Crippen LogP contribution in [-0.4, -0.2) is 11.5 Å². The summed E-state index contributed by atoms with van der Waals surface area (Å²) in [6.07, 6.45) is 1.84. The van der Waals surface area contributed by atoms with Gasteiger partial charge in [0.2, 0.25) is 0 Å². The molecule has 3 aromatic rings. The lowest BCUT2D eigenvalue weighted by molar-refractivity contribution is 0.557. The van der Waals surface area contributed by atoms with Gasteiger partial charge in [0.05, 0.1) is 11.2 Å². The molecule has 0 radical (unpaired) electrons. The van der Waals surface area contributed by atoms with Crippen LogP contribution in [0.5, 0.6) is 0 Å². The smallest absolute Gasteiger partial charge is 0.0933 e. The van der Waals surface area contributed by atoms with Gasteiger partial charge in [0, 0.05) is 23.5 Å². The van der Waals surface area contributed by atoms with Gasteiger partial charge in [-0.1, -0.05) is 62.4 Å². The van der Waals surface area contributed by atoms with Crippen LogP contribution in [0.3, 0.4) is 0 Å². The molecule has 1 N–H and O–H groups in total. The number of fused-ring (bicyclic) bond motifs is 1. The number of nitrogens with zero attached hydrogens (tertiary/aromatic N) is 1. The highest BCUT2D eigenvalue weighted by Gasteiger charge is 2.20. The quantitative estimate of drug-likeness (QED) is 0.752. The number of benzene rings is 2. The van der Waals surface area contributed by atoms with E-state index >= 15 is 0 Å². The van der Waals surface area contributed by atoms with Crippen molar-refractivity contribution in [2.75, 3.05) is 11.9 Å². The first kappa shape index (κ1) is 13.6. The maximum absolute atomic E-state index is 4.49. The predicted molar refractivity (Wildman–Crippen MR) is 89.7 cm³/mol. The van der Waals surface area contributed by atoms with E-state index in [0.29, 0.717) is 0 Å². The summed E-state index contributed by atoms with van der Waals surface area (Å²) in [5, 5.41) is 4.73. The molecule has 3 rings (SSSR count). The van der Waals surface area contributed by atoms with Gasteiger partial charge in [-0.25, -0.2) is 0 Å². The average Bonchev–Trinajstić information content (AvgIpc) is 2.54. The van der Waals surface area contributed by atoms with E-state index < -0.39 is 0 Å². The van der Waals surface area contributed by atoms with Crippen molar-refractivity contribution in [3.05, 3.63) is 72.4 Å². The zero-order chi connectivity index (χ0) is 14.7. The Balaban J connectivity index is 1.84. The van der Waals surface area contributed by atoms with Gasteiger partial charge < -0.3 is 5.32 Å². The van der Waals surface area contributed by atoms with Gasteiger partial charge in [-0.3, -0.25) is 4.98 Å². The Morgan fingerprint density at radius 2 is 1.67 bits per heavy atom. The van der Waals surface area contributed by atoms with E-state index in [1.165, 1.54) is 10.9 Å². The summed E-state index contributed by atoms with van der Waals surface area (Å²) in [5.41, 5.74) is 3.53. The Hall–Kier alpha value is -2.35. The van der Waals surface area contributed by atoms with Crippen LogP contribution >= 0.6 is 0 Å². The highest BCUT2D eigenvalue weighted by Crippen LogP contribution is 2.26. The van der Waals surface area contributed by atoms with Crippen molar-refractivity contribution >= 4 is 16.6 Å². The van der Waals surface area contributed by atoms with E-state index in [4.69, 9.17) is 0 Å². The number of para-hydroxylation sites is 1. The van der Waals surface area contributed by atoms with Gasteiger partial charge in [0.25, 0.3) is 0 Å². The average molecular weight is 276 g/mol. The Labute approximate surface area is 125 Å². The van der Waals surface area contributed by atoms with Crippen LogP contribution in [0.1, 0.15) is 19.4 Å². The van der Waals surface area contributed by atoms with E-state index in [-0.39, 0.29) is 5.41 Å². The number of pyridine rings is 1. The summed E-state index contributed by atoms with van der Waals surface area (Å²) < 4.78 is 0. The lowest BCUT2D eigenvalue weighted by Crippen LogP contribution is -2.27. The molecule has 0 spiro atoms. The molecule has 0 bridgehead atoms. The second-order valence-corrected chi connectivity index (χ2v) is 5.98. The molecule has 0 aliphatic rings. The van der Waals surface area contributed by atoms with Crippen LogP contribution in [0.25, 0.3) is 10.9 Å². The van der Waals surface area contributed by atoms with Crippen LogP contribution in [0.15, 0.2) is 66.9 Å². The Morgan fingerprint density at radius 1 is 0.905 bits per heavy atom. The fourth-order valence-electron chi connectivity index (χ4n) is 2.55. The topological polar surface area (TPSA) is 24.9 Å². The highest BCUT2D eigenvalue weighted by molar-refractivity contribution is 5.90. The molecule has 2 aromatic carbocycles. The maximum Gasteiger partial charge on any atom is 0.0933 e. The first-order valence-corrected chi connectivity index (χ1v) is 7.30. The van der Waals surface area contributed by atoms with Gasteiger partial charge >= 0.3 is 0 Å². The van der Waals surface area contributed by atoms with E-state index in [1.807, 2.05) is 12.3 Å². The van der Waals surface area contributed by atoms with Gasteiger partial charge in [0.1, 0.15) is 0 Å². The van der Waals surface area contributed by atoms with Crippen LogP contribution < -0.4 is 5.32 Å². The molecule has 2 heteroatoms. The lowest BCUT2D eigenvalue weighted by atomic mass is 9.84.